The number of hydrogen-bond donors (Lipinski definition) is 0. The second-order valence-corrected chi connectivity index (χ2v) is 7.14. The monoisotopic (exact) mass is 341 g/mol. The molecule has 1 aliphatic heterocycles. The van der Waals surface area contributed by atoms with E-state index in [0.717, 1.165) is 37.2 Å². The number of amides is 1. The summed E-state index contributed by atoms with van der Waals surface area (Å²) in [6, 6.07) is 10.1. The molecule has 0 bridgehead atoms. The number of hydrogen-bond acceptors (Lipinski definition) is 4. The van der Waals surface area contributed by atoms with Crippen LogP contribution in [0.2, 0.25) is 0 Å². The quantitative estimate of drug-likeness (QED) is 0.822. The lowest BCUT2D eigenvalue weighted by molar-refractivity contribution is -0.134. The van der Waals surface area contributed by atoms with E-state index in [4.69, 9.17) is 4.52 Å². The van der Waals surface area contributed by atoms with E-state index >= 15 is 0 Å². The molecule has 1 aliphatic rings. The summed E-state index contributed by atoms with van der Waals surface area (Å²) in [4.78, 5) is 19.6. The van der Waals surface area contributed by atoms with E-state index in [9.17, 15) is 4.79 Å². The van der Waals surface area contributed by atoms with Gasteiger partial charge >= 0.3 is 0 Å². The fourth-order valence-electron chi connectivity index (χ4n) is 3.49. The first-order chi connectivity index (χ1) is 12.1. The van der Waals surface area contributed by atoms with Crippen LogP contribution in [0.5, 0.6) is 0 Å². The molecule has 0 saturated carbocycles. The molecule has 5 nitrogen and oxygen atoms in total. The highest BCUT2D eigenvalue weighted by Crippen LogP contribution is 2.29. The number of rotatable bonds is 5. The highest BCUT2D eigenvalue weighted by molar-refractivity contribution is 5.83. The van der Waals surface area contributed by atoms with Crippen LogP contribution < -0.4 is 0 Å². The Morgan fingerprint density at radius 3 is 2.72 bits per heavy atom. The molecule has 0 spiro atoms. The Bertz CT molecular complexity index is 696. The second kappa shape index (κ2) is 7.81. The number of carbonyl (C=O) groups excluding carboxylic acids is 1. The Kier molecular flexibility index (Phi) is 5.51. The van der Waals surface area contributed by atoms with Gasteiger partial charge in [0.2, 0.25) is 11.8 Å². The molecule has 2 heterocycles. The van der Waals surface area contributed by atoms with Gasteiger partial charge < -0.3 is 9.42 Å². The number of carbonyl (C=O) groups is 1. The minimum Gasteiger partial charge on any atom is -0.341 e. The van der Waals surface area contributed by atoms with Gasteiger partial charge in [0, 0.05) is 24.9 Å². The lowest BCUT2D eigenvalue weighted by atomic mass is 9.92. The van der Waals surface area contributed by atoms with Crippen LogP contribution in [0, 0.1) is 0 Å². The van der Waals surface area contributed by atoms with Gasteiger partial charge in [0.05, 0.1) is 5.92 Å². The number of likely N-dealkylation sites (tertiary alicyclic amines) is 1. The normalized spacial score (nSPS) is 19.2. The summed E-state index contributed by atoms with van der Waals surface area (Å²) in [5.74, 6) is 1.96. The van der Waals surface area contributed by atoms with E-state index < -0.39 is 0 Å². The van der Waals surface area contributed by atoms with E-state index in [1.807, 2.05) is 49.1 Å². The largest absolute Gasteiger partial charge is 0.341 e. The first-order valence-electron chi connectivity index (χ1n) is 9.27. The van der Waals surface area contributed by atoms with E-state index in [2.05, 4.69) is 17.1 Å². The van der Waals surface area contributed by atoms with Crippen LogP contribution in [0.15, 0.2) is 34.9 Å². The van der Waals surface area contributed by atoms with Crippen molar-refractivity contribution in [3.63, 3.8) is 0 Å². The highest BCUT2D eigenvalue weighted by Gasteiger charge is 2.31. The van der Waals surface area contributed by atoms with Crippen LogP contribution in [0.1, 0.15) is 75.1 Å². The van der Waals surface area contributed by atoms with Crippen LogP contribution in [0.25, 0.3) is 0 Å². The lowest BCUT2D eigenvalue weighted by Gasteiger charge is -2.33. The maximum atomic E-state index is 13.1. The van der Waals surface area contributed by atoms with E-state index in [1.54, 1.807) is 0 Å². The molecule has 1 aromatic heterocycles. The van der Waals surface area contributed by atoms with E-state index in [0.29, 0.717) is 12.4 Å². The average molecular weight is 341 g/mol. The molecule has 1 amide bonds. The topological polar surface area (TPSA) is 59.2 Å². The third kappa shape index (κ3) is 3.91. The van der Waals surface area contributed by atoms with Crippen molar-refractivity contribution in [1.82, 2.24) is 15.0 Å². The van der Waals surface area contributed by atoms with Gasteiger partial charge in [-0.25, -0.2) is 0 Å². The zero-order valence-corrected chi connectivity index (χ0v) is 15.3. The number of aromatic nitrogens is 2. The Balaban J connectivity index is 1.72. The van der Waals surface area contributed by atoms with Crippen LogP contribution >= 0.6 is 0 Å². The van der Waals surface area contributed by atoms with Gasteiger partial charge in [0.25, 0.3) is 0 Å². The van der Waals surface area contributed by atoms with Crippen LogP contribution in [-0.2, 0) is 4.79 Å². The third-order valence-electron chi connectivity index (χ3n) is 4.96. The summed E-state index contributed by atoms with van der Waals surface area (Å²) in [5, 5.41) is 4.15. The van der Waals surface area contributed by atoms with Crippen molar-refractivity contribution in [3.8, 4) is 0 Å². The Labute approximate surface area is 149 Å². The summed E-state index contributed by atoms with van der Waals surface area (Å²) < 4.78 is 5.35. The summed E-state index contributed by atoms with van der Waals surface area (Å²) in [6.45, 7) is 7.65. The van der Waals surface area contributed by atoms with Gasteiger partial charge in [-0.3, -0.25) is 4.79 Å². The molecule has 2 atom stereocenters. The molecule has 134 valence electrons. The Morgan fingerprint density at radius 2 is 2.08 bits per heavy atom. The molecule has 3 rings (SSSR count). The van der Waals surface area contributed by atoms with Crippen molar-refractivity contribution in [2.24, 2.45) is 0 Å². The molecule has 0 radical (unpaired) electrons. The van der Waals surface area contributed by atoms with Crippen molar-refractivity contribution < 1.29 is 9.32 Å². The van der Waals surface area contributed by atoms with Gasteiger partial charge in [0.15, 0.2) is 5.82 Å². The minimum absolute atomic E-state index is 0.0727. The second-order valence-electron chi connectivity index (χ2n) is 7.14. The molecule has 1 fully saturated rings. The average Bonchev–Trinajstić information content (AvgIpc) is 3.14. The molecule has 2 aromatic rings. The number of benzene rings is 1. The molecule has 1 aromatic carbocycles. The maximum absolute atomic E-state index is 13.1. The summed E-state index contributed by atoms with van der Waals surface area (Å²) in [6.07, 6.45) is 2.79. The molecule has 25 heavy (non-hydrogen) atoms. The molecule has 0 unspecified atom stereocenters. The summed E-state index contributed by atoms with van der Waals surface area (Å²) in [5.41, 5.74) is 1.10. The first-order valence-corrected chi connectivity index (χ1v) is 9.27. The molecule has 0 N–H and O–H groups in total. The number of piperidine rings is 1. The van der Waals surface area contributed by atoms with Gasteiger partial charge in [-0.2, -0.15) is 4.98 Å². The van der Waals surface area contributed by atoms with E-state index in [1.165, 1.54) is 0 Å². The summed E-state index contributed by atoms with van der Waals surface area (Å²) in [7, 11) is 0. The Morgan fingerprint density at radius 1 is 1.32 bits per heavy atom. The first kappa shape index (κ1) is 17.6. The zero-order valence-electron chi connectivity index (χ0n) is 15.3. The molecule has 1 saturated heterocycles. The molecular formula is C20H27N3O2. The lowest BCUT2D eigenvalue weighted by Crippen LogP contribution is -2.41. The summed E-state index contributed by atoms with van der Waals surface area (Å²) >= 11 is 0. The van der Waals surface area contributed by atoms with E-state index in [-0.39, 0.29) is 23.7 Å². The zero-order chi connectivity index (χ0) is 17.8. The van der Waals surface area contributed by atoms with Gasteiger partial charge in [-0.15, -0.1) is 0 Å². The van der Waals surface area contributed by atoms with Gasteiger partial charge in [0.1, 0.15) is 0 Å². The minimum atomic E-state index is -0.0727. The third-order valence-corrected chi connectivity index (χ3v) is 4.96. The highest BCUT2D eigenvalue weighted by atomic mass is 16.5. The molecule has 0 aliphatic carbocycles. The van der Waals surface area contributed by atoms with Gasteiger partial charge in [-0.1, -0.05) is 56.3 Å². The number of nitrogens with zero attached hydrogens (tertiary/aromatic N) is 3. The van der Waals surface area contributed by atoms with Crippen LogP contribution in [0.4, 0.5) is 0 Å². The Hall–Kier alpha value is -2.17. The molecule has 5 heteroatoms. The van der Waals surface area contributed by atoms with Crippen molar-refractivity contribution >= 4 is 5.91 Å². The van der Waals surface area contributed by atoms with Crippen LogP contribution in [-0.4, -0.2) is 34.0 Å². The van der Waals surface area contributed by atoms with Gasteiger partial charge in [-0.05, 0) is 24.8 Å². The standard InChI is InChI=1S/C20H27N3O2/c1-4-17(15-9-6-5-7-10-15)20(24)23-12-8-11-16(13-23)18-21-19(14(2)3)25-22-18/h5-7,9-10,14,16-17H,4,8,11-13H2,1-3H3/t16-,17+/m1/s1. The predicted molar refractivity (Wildman–Crippen MR) is 96.4 cm³/mol. The predicted octanol–water partition coefficient (Wildman–Crippen LogP) is 4.09. The van der Waals surface area contributed by atoms with Crippen molar-refractivity contribution in [2.45, 2.75) is 57.8 Å². The fraction of sp³-hybridized carbons (Fsp3) is 0.550. The van der Waals surface area contributed by atoms with Crippen molar-refractivity contribution in [3.05, 3.63) is 47.6 Å². The maximum Gasteiger partial charge on any atom is 0.230 e. The van der Waals surface area contributed by atoms with Crippen LogP contribution in [0.3, 0.4) is 0 Å². The smallest absolute Gasteiger partial charge is 0.230 e. The SMILES string of the molecule is CC[C@H](C(=O)N1CCC[C@@H](c2noc(C(C)C)n2)C1)c1ccccc1. The van der Waals surface area contributed by atoms with Crippen molar-refractivity contribution in [1.29, 1.82) is 0 Å². The fourth-order valence-corrected chi connectivity index (χ4v) is 3.49. The molecular weight excluding hydrogens is 314 g/mol. The van der Waals surface area contributed by atoms with Crippen molar-refractivity contribution in [2.75, 3.05) is 13.1 Å².